The summed E-state index contributed by atoms with van der Waals surface area (Å²) in [5, 5.41) is 1.29. The Morgan fingerprint density at radius 1 is 1.12 bits per heavy atom. The third-order valence-corrected chi connectivity index (χ3v) is 2.63. The lowest BCUT2D eigenvalue weighted by molar-refractivity contribution is 0.294. The fourth-order valence-corrected chi connectivity index (χ4v) is 1.57. The zero-order valence-electron chi connectivity index (χ0n) is 8.36. The second kappa shape index (κ2) is 5.19. The van der Waals surface area contributed by atoms with Gasteiger partial charge in [-0.2, -0.15) is 0 Å². The highest BCUT2D eigenvalue weighted by atomic mass is 35.5. The monoisotopic (exact) mass is 253 g/mol. The first kappa shape index (κ1) is 11.2. The third kappa shape index (κ3) is 2.87. The van der Waals surface area contributed by atoms with Crippen molar-refractivity contribution < 1.29 is 4.74 Å². The highest BCUT2D eigenvalue weighted by Crippen LogP contribution is 2.18. The van der Waals surface area contributed by atoms with Gasteiger partial charge in [-0.3, -0.25) is 0 Å². The summed E-state index contributed by atoms with van der Waals surface area (Å²) in [6.45, 7) is 0.382. The number of hydrogen-bond acceptors (Lipinski definition) is 2. The number of aromatic nitrogens is 1. The van der Waals surface area contributed by atoms with Crippen LogP contribution in [-0.4, -0.2) is 4.98 Å². The number of halogens is 2. The number of benzene rings is 1. The predicted molar refractivity (Wildman–Crippen MR) is 65.0 cm³/mol. The molecule has 0 amide bonds. The highest BCUT2D eigenvalue weighted by molar-refractivity contribution is 6.31. The van der Waals surface area contributed by atoms with E-state index in [1.54, 1.807) is 18.3 Å². The lowest BCUT2D eigenvalue weighted by Gasteiger charge is -2.06. The summed E-state index contributed by atoms with van der Waals surface area (Å²) < 4.78 is 5.47. The molecule has 0 aliphatic heterocycles. The zero-order valence-corrected chi connectivity index (χ0v) is 9.87. The van der Waals surface area contributed by atoms with Crippen molar-refractivity contribution in [3.8, 4) is 5.88 Å². The molecule has 0 saturated heterocycles. The molecule has 0 bridgehead atoms. The molecule has 0 N–H and O–H groups in total. The van der Waals surface area contributed by atoms with Gasteiger partial charge < -0.3 is 4.74 Å². The standard InChI is InChI=1S/C12H9Cl2NO/c13-10-5-6-15-12(7-10)16-8-9-3-1-2-4-11(9)14/h1-7H,8H2. The molecule has 1 heterocycles. The van der Waals surface area contributed by atoms with Crippen molar-refractivity contribution >= 4 is 23.2 Å². The summed E-state index contributed by atoms with van der Waals surface area (Å²) in [5.41, 5.74) is 0.922. The first-order valence-corrected chi connectivity index (χ1v) is 5.49. The quantitative estimate of drug-likeness (QED) is 0.826. The zero-order chi connectivity index (χ0) is 11.4. The van der Waals surface area contributed by atoms with Crippen LogP contribution >= 0.6 is 23.2 Å². The van der Waals surface area contributed by atoms with E-state index in [0.717, 1.165) is 5.56 Å². The van der Waals surface area contributed by atoms with Crippen molar-refractivity contribution in [2.75, 3.05) is 0 Å². The normalized spacial score (nSPS) is 10.1. The molecule has 0 saturated carbocycles. The van der Waals surface area contributed by atoms with Gasteiger partial charge in [0.2, 0.25) is 5.88 Å². The van der Waals surface area contributed by atoms with Crippen molar-refractivity contribution in [3.63, 3.8) is 0 Å². The van der Waals surface area contributed by atoms with Crippen molar-refractivity contribution in [2.45, 2.75) is 6.61 Å². The Kier molecular flexibility index (Phi) is 3.65. The van der Waals surface area contributed by atoms with Crippen LogP contribution in [0.25, 0.3) is 0 Å². The second-order valence-electron chi connectivity index (χ2n) is 3.19. The Morgan fingerprint density at radius 2 is 1.94 bits per heavy atom. The molecule has 16 heavy (non-hydrogen) atoms. The van der Waals surface area contributed by atoms with E-state index in [1.807, 2.05) is 24.3 Å². The van der Waals surface area contributed by atoms with Gasteiger partial charge in [-0.1, -0.05) is 41.4 Å². The van der Waals surface area contributed by atoms with Crippen molar-refractivity contribution in [2.24, 2.45) is 0 Å². The maximum atomic E-state index is 6.00. The lowest BCUT2D eigenvalue weighted by atomic mass is 10.2. The molecule has 1 aromatic carbocycles. The van der Waals surface area contributed by atoms with Crippen LogP contribution in [0.5, 0.6) is 5.88 Å². The average Bonchev–Trinajstić information content (AvgIpc) is 2.28. The van der Waals surface area contributed by atoms with Crippen LogP contribution in [0.4, 0.5) is 0 Å². The number of rotatable bonds is 3. The minimum Gasteiger partial charge on any atom is -0.473 e. The minimum absolute atomic E-state index is 0.382. The van der Waals surface area contributed by atoms with E-state index in [2.05, 4.69) is 4.98 Å². The van der Waals surface area contributed by atoms with Crippen LogP contribution in [0.3, 0.4) is 0 Å². The van der Waals surface area contributed by atoms with E-state index in [9.17, 15) is 0 Å². The molecule has 0 aliphatic rings. The molecule has 2 nitrogen and oxygen atoms in total. The summed E-state index contributed by atoms with van der Waals surface area (Å²) in [6.07, 6.45) is 1.60. The van der Waals surface area contributed by atoms with Crippen molar-refractivity contribution in [1.29, 1.82) is 0 Å². The van der Waals surface area contributed by atoms with Gasteiger partial charge in [0.1, 0.15) is 6.61 Å². The number of hydrogen-bond donors (Lipinski definition) is 0. The summed E-state index contributed by atoms with van der Waals surface area (Å²) >= 11 is 11.8. The first-order chi connectivity index (χ1) is 7.75. The summed E-state index contributed by atoms with van der Waals surface area (Å²) in [7, 11) is 0. The fourth-order valence-electron chi connectivity index (χ4n) is 1.23. The number of nitrogens with zero attached hydrogens (tertiary/aromatic N) is 1. The van der Waals surface area contributed by atoms with Gasteiger partial charge >= 0.3 is 0 Å². The molecule has 4 heteroatoms. The van der Waals surface area contributed by atoms with Gasteiger partial charge in [-0.15, -0.1) is 0 Å². The third-order valence-electron chi connectivity index (χ3n) is 2.03. The van der Waals surface area contributed by atoms with Gasteiger partial charge in [-0.05, 0) is 12.1 Å². The molecule has 1 aromatic heterocycles. The van der Waals surface area contributed by atoms with E-state index in [0.29, 0.717) is 22.5 Å². The molecular weight excluding hydrogens is 245 g/mol. The van der Waals surface area contributed by atoms with E-state index < -0.39 is 0 Å². The van der Waals surface area contributed by atoms with Gasteiger partial charge in [0.05, 0.1) is 0 Å². The molecule has 0 fully saturated rings. The fraction of sp³-hybridized carbons (Fsp3) is 0.0833. The Morgan fingerprint density at radius 3 is 2.69 bits per heavy atom. The van der Waals surface area contributed by atoms with Crippen LogP contribution in [0.1, 0.15) is 5.56 Å². The highest BCUT2D eigenvalue weighted by Gasteiger charge is 2.01. The van der Waals surface area contributed by atoms with Gasteiger partial charge in [0, 0.05) is 27.9 Å². The largest absolute Gasteiger partial charge is 0.473 e. The van der Waals surface area contributed by atoms with Crippen molar-refractivity contribution in [1.82, 2.24) is 4.98 Å². The van der Waals surface area contributed by atoms with Crippen LogP contribution in [0.2, 0.25) is 10.0 Å². The van der Waals surface area contributed by atoms with Crippen LogP contribution in [0.15, 0.2) is 42.6 Å². The van der Waals surface area contributed by atoms with E-state index in [4.69, 9.17) is 27.9 Å². The molecule has 2 rings (SSSR count). The molecule has 0 unspecified atom stereocenters. The van der Waals surface area contributed by atoms with Crippen LogP contribution in [-0.2, 0) is 6.61 Å². The van der Waals surface area contributed by atoms with Crippen LogP contribution < -0.4 is 4.74 Å². The van der Waals surface area contributed by atoms with Crippen molar-refractivity contribution in [3.05, 3.63) is 58.2 Å². The van der Waals surface area contributed by atoms with Crippen LogP contribution in [0, 0.1) is 0 Å². The second-order valence-corrected chi connectivity index (χ2v) is 4.04. The van der Waals surface area contributed by atoms with E-state index in [1.165, 1.54) is 0 Å². The molecule has 0 aliphatic carbocycles. The summed E-state index contributed by atoms with van der Waals surface area (Å²) in [5.74, 6) is 0.493. The molecule has 0 spiro atoms. The molecule has 82 valence electrons. The van der Waals surface area contributed by atoms with Gasteiger partial charge in [0.25, 0.3) is 0 Å². The number of pyridine rings is 1. The lowest BCUT2D eigenvalue weighted by Crippen LogP contribution is -1.97. The Balaban J connectivity index is 2.05. The maximum absolute atomic E-state index is 6.00. The topological polar surface area (TPSA) is 22.1 Å². The van der Waals surface area contributed by atoms with Gasteiger partial charge in [-0.25, -0.2) is 4.98 Å². The Bertz CT molecular complexity index is 488. The van der Waals surface area contributed by atoms with Gasteiger partial charge in [0.15, 0.2) is 0 Å². The Labute approximate surface area is 104 Å². The maximum Gasteiger partial charge on any atom is 0.215 e. The molecule has 2 aromatic rings. The first-order valence-electron chi connectivity index (χ1n) is 4.73. The summed E-state index contributed by atoms with van der Waals surface area (Å²) in [4.78, 5) is 4.03. The predicted octanol–water partition coefficient (Wildman–Crippen LogP) is 3.97. The number of ether oxygens (including phenoxy) is 1. The molecule has 0 radical (unpaired) electrons. The molecule has 0 atom stereocenters. The summed E-state index contributed by atoms with van der Waals surface area (Å²) in [6, 6.07) is 10.9. The van der Waals surface area contributed by atoms with E-state index in [-0.39, 0.29) is 0 Å². The molecular formula is C12H9Cl2NO. The minimum atomic E-state index is 0.382. The average molecular weight is 254 g/mol. The Hall–Kier alpha value is -1.25. The SMILES string of the molecule is Clc1ccnc(OCc2ccccc2Cl)c1. The smallest absolute Gasteiger partial charge is 0.215 e. The van der Waals surface area contributed by atoms with E-state index >= 15 is 0 Å².